The van der Waals surface area contributed by atoms with Crippen molar-refractivity contribution in [1.82, 2.24) is 5.32 Å². The van der Waals surface area contributed by atoms with Crippen LogP contribution in [0.1, 0.15) is 25.7 Å². The minimum Gasteiger partial charge on any atom is -0.381 e. The summed E-state index contributed by atoms with van der Waals surface area (Å²) >= 11 is 2.11. The maximum absolute atomic E-state index is 5.37. The molecule has 2 fully saturated rings. The third-order valence-corrected chi connectivity index (χ3v) is 4.67. The van der Waals surface area contributed by atoms with E-state index in [1.807, 2.05) is 7.11 Å². The van der Waals surface area contributed by atoms with Crippen molar-refractivity contribution in [2.24, 2.45) is 5.92 Å². The molecule has 3 heteroatoms. The van der Waals surface area contributed by atoms with Crippen molar-refractivity contribution in [3.05, 3.63) is 0 Å². The Bertz CT molecular complexity index is 171. The summed E-state index contributed by atoms with van der Waals surface area (Å²) in [6.07, 6.45) is 5.70. The van der Waals surface area contributed by atoms with E-state index < -0.39 is 0 Å². The van der Waals surface area contributed by atoms with Crippen LogP contribution in [0.5, 0.6) is 0 Å². The second-order valence-corrected chi connectivity index (χ2v) is 5.66. The normalized spacial score (nSPS) is 37.9. The molecule has 0 amide bonds. The third kappa shape index (κ3) is 2.88. The van der Waals surface area contributed by atoms with Crippen LogP contribution in [0.4, 0.5) is 0 Å². The largest absolute Gasteiger partial charge is 0.381 e. The van der Waals surface area contributed by atoms with E-state index in [2.05, 4.69) is 17.1 Å². The van der Waals surface area contributed by atoms with Gasteiger partial charge in [-0.25, -0.2) is 0 Å². The molecule has 1 aliphatic heterocycles. The monoisotopic (exact) mass is 215 g/mol. The number of thioether (sulfide) groups is 1. The first kappa shape index (κ1) is 10.8. The third-order valence-electron chi connectivity index (χ3n) is 3.44. The highest BCUT2D eigenvalue weighted by atomic mass is 32.2. The molecule has 1 saturated heterocycles. The Balaban J connectivity index is 1.61. The maximum atomic E-state index is 5.37. The van der Waals surface area contributed by atoms with E-state index in [-0.39, 0.29) is 0 Å². The van der Waals surface area contributed by atoms with Gasteiger partial charge in [0.2, 0.25) is 0 Å². The van der Waals surface area contributed by atoms with Crippen molar-refractivity contribution in [3.63, 3.8) is 0 Å². The topological polar surface area (TPSA) is 21.3 Å². The highest BCUT2D eigenvalue weighted by Crippen LogP contribution is 2.25. The summed E-state index contributed by atoms with van der Waals surface area (Å²) in [6.45, 7) is 1.23. The Morgan fingerprint density at radius 3 is 2.93 bits per heavy atom. The van der Waals surface area contributed by atoms with E-state index >= 15 is 0 Å². The summed E-state index contributed by atoms with van der Waals surface area (Å²) in [5, 5.41) is 3.69. The molecular formula is C11H21NOS. The minimum atomic E-state index is 0.519. The fraction of sp³-hybridized carbons (Fsp3) is 1.00. The van der Waals surface area contributed by atoms with Crippen LogP contribution >= 0.6 is 11.8 Å². The average Bonchev–Trinajstić information content (AvgIpc) is 2.86. The highest BCUT2D eigenvalue weighted by Gasteiger charge is 2.25. The van der Waals surface area contributed by atoms with Gasteiger partial charge in [-0.05, 0) is 49.7 Å². The Labute approximate surface area is 91.2 Å². The molecule has 1 saturated carbocycles. The number of hydrogen-bond acceptors (Lipinski definition) is 3. The van der Waals surface area contributed by atoms with Crippen molar-refractivity contribution in [2.75, 3.05) is 25.2 Å². The maximum Gasteiger partial charge on any atom is 0.0586 e. The second-order valence-electron chi connectivity index (χ2n) is 4.51. The zero-order valence-electron chi connectivity index (χ0n) is 9.00. The predicted molar refractivity (Wildman–Crippen MR) is 61.9 cm³/mol. The van der Waals surface area contributed by atoms with Crippen LogP contribution in [-0.4, -0.2) is 37.3 Å². The molecule has 0 aromatic rings. The molecular weight excluding hydrogens is 194 g/mol. The molecule has 2 rings (SSSR count). The van der Waals surface area contributed by atoms with Crippen LogP contribution in [-0.2, 0) is 4.74 Å². The lowest BCUT2D eigenvalue weighted by molar-refractivity contribution is 0.107. The zero-order chi connectivity index (χ0) is 9.80. The summed E-state index contributed by atoms with van der Waals surface area (Å²) in [5.41, 5.74) is 0. The summed E-state index contributed by atoms with van der Waals surface area (Å²) in [4.78, 5) is 0. The van der Waals surface area contributed by atoms with Crippen LogP contribution in [0.15, 0.2) is 0 Å². The van der Waals surface area contributed by atoms with Crippen LogP contribution in [0.25, 0.3) is 0 Å². The van der Waals surface area contributed by atoms with E-state index in [0.717, 1.165) is 12.0 Å². The molecule has 0 spiro atoms. The van der Waals surface area contributed by atoms with Gasteiger partial charge in [-0.1, -0.05) is 0 Å². The number of nitrogens with one attached hydrogen (secondary N) is 1. The van der Waals surface area contributed by atoms with E-state index in [1.54, 1.807) is 0 Å². The number of rotatable bonds is 4. The molecule has 0 radical (unpaired) electrons. The predicted octanol–water partition coefficient (Wildman–Crippen LogP) is 1.90. The summed E-state index contributed by atoms with van der Waals surface area (Å²) < 4.78 is 5.37. The quantitative estimate of drug-likeness (QED) is 0.774. The van der Waals surface area contributed by atoms with Crippen LogP contribution < -0.4 is 5.32 Å². The lowest BCUT2D eigenvalue weighted by atomic mass is 10.1. The number of hydrogen-bond donors (Lipinski definition) is 1. The highest BCUT2D eigenvalue weighted by molar-refractivity contribution is 7.99. The zero-order valence-corrected chi connectivity index (χ0v) is 9.81. The lowest BCUT2D eigenvalue weighted by Crippen LogP contribution is -2.32. The molecule has 0 aromatic carbocycles. The molecule has 2 aliphatic rings. The molecule has 82 valence electrons. The van der Waals surface area contributed by atoms with Crippen LogP contribution in [0.3, 0.4) is 0 Å². The van der Waals surface area contributed by atoms with Crippen molar-refractivity contribution >= 4 is 11.8 Å². The first-order chi connectivity index (χ1) is 6.88. The van der Waals surface area contributed by atoms with E-state index in [9.17, 15) is 0 Å². The summed E-state index contributed by atoms with van der Waals surface area (Å²) in [6, 6.07) is 0.727. The Hall–Kier alpha value is 0.270. The molecule has 1 N–H and O–H groups in total. The molecule has 14 heavy (non-hydrogen) atoms. The number of ether oxygens (including phenoxy) is 1. The second kappa shape index (κ2) is 5.38. The van der Waals surface area contributed by atoms with Gasteiger partial charge in [0.25, 0.3) is 0 Å². The SMILES string of the molecule is COC1CCC(NCC2CCSC2)C1. The van der Waals surface area contributed by atoms with Gasteiger partial charge in [-0.15, -0.1) is 0 Å². The number of methoxy groups -OCH3 is 1. The Morgan fingerprint density at radius 2 is 2.29 bits per heavy atom. The molecule has 1 heterocycles. The molecule has 1 aliphatic carbocycles. The lowest BCUT2D eigenvalue weighted by Gasteiger charge is -2.15. The smallest absolute Gasteiger partial charge is 0.0586 e. The Kier molecular flexibility index (Phi) is 4.14. The van der Waals surface area contributed by atoms with Gasteiger partial charge in [0.05, 0.1) is 6.10 Å². The van der Waals surface area contributed by atoms with Gasteiger partial charge in [-0.3, -0.25) is 0 Å². The van der Waals surface area contributed by atoms with E-state index in [0.29, 0.717) is 6.10 Å². The van der Waals surface area contributed by atoms with Crippen LogP contribution in [0, 0.1) is 5.92 Å². The fourth-order valence-corrected chi connectivity index (χ4v) is 3.70. The Morgan fingerprint density at radius 1 is 1.36 bits per heavy atom. The van der Waals surface area contributed by atoms with Crippen molar-refractivity contribution in [2.45, 2.75) is 37.8 Å². The fourth-order valence-electron chi connectivity index (χ4n) is 2.42. The first-order valence-corrected chi connectivity index (χ1v) is 6.88. The van der Waals surface area contributed by atoms with Gasteiger partial charge < -0.3 is 10.1 Å². The minimum absolute atomic E-state index is 0.519. The van der Waals surface area contributed by atoms with Gasteiger partial charge in [0.15, 0.2) is 0 Å². The van der Waals surface area contributed by atoms with Gasteiger partial charge in [0, 0.05) is 13.2 Å². The molecule has 3 atom stereocenters. The molecule has 0 bridgehead atoms. The van der Waals surface area contributed by atoms with E-state index in [4.69, 9.17) is 4.74 Å². The standard InChI is InChI=1S/C11H21NOS/c1-13-11-3-2-10(6-11)12-7-9-4-5-14-8-9/h9-12H,2-8H2,1H3. The summed E-state index contributed by atoms with van der Waals surface area (Å²) in [5.74, 6) is 3.67. The van der Waals surface area contributed by atoms with Crippen LogP contribution in [0.2, 0.25) is 0 Å². The van der Waals surface area contributed by atoms with E-state index in [1.165, 1.54) is 43.7 Å². The molecule has 0 aromatic heterocycles. The average molecular weight is 215 g/mol. The van der Waals surface area contributed by atoms with Crippen molar-refractivity contribution in [3.8, 4) is 0 Å². The molecule has 3 unspecified atom stereocenters. The van der Waals surface area contributed by atoms with Gasteiger partial charge in [0.1, 0.15) is 0 Å². The van der Waals surface area contributed by atoms with Gasteiger partial charge in [-0.2, -0.15) is 11.8 Å². The van der Waals surface area contributed by atoms with Crippen molar-refractivity contribution in [1.29, 1.82) is 0 Å². The van der Waals surface area contributed by atoms with Crippen molar-refractivity contribution < 1.29 is 4.74 Å². The first-order valence-electron chi connectivity index (χ1n) is 5.72. The van der Waals surface area contributed by atoms with Gasteiger partial charge >= 0.3 is 0 Å². The summed E-state index contributed by atoms with van der Waals surface area (Å²) in [7, 11) is 1.83. The molecule has 2 nitrogen and oxygen atoms in total.